The second kappa shape index (κ2) is 4.94. The average Bonchev–Trinajstić information content (AvgIpc) is 2.81. The van der Waals surface area contributed by atoms with Crippen molar-refractivity contribution in [1.82, 2.24) is 9.55 Å². The van der Waals surface area contributed by atoms with Crippen LogP contribution in [0.4, 0.5) is 0 Å². The topological polar surface area (TPSA) is 67.2 Å². The molecule has 0 N–H and O–H groups in total. The molecule has 1 aromatic heterocycles. The quantitative estimate of drug-likeness (QED) is 0.733. The third kappa shape index (κ3) is 2.12. The molecule has 1 heterocycles. The molecule has 21 heavy (non-hydrogen) atoms. The first kappa shape index (κ1) is 13.2. The normalized spacial score (nSPS) is 10.8. The third-order valence-corrected chi connectivity index (χ3v) is 3.38. The van der Waals surface area contributed by atoms with Gasteiger partial charge in [0.05, 0.1) is 29.8 Å². The van der Waals surface area contributed by atoms with Crippen LogP contribution in [0.5, 0.6) is 5.75 Å². The van der Waals surface area contributed by atoms with Gasteiger partial charge in [-0.1, -0.05) is 18.2 Å². The van der Waals surface area contributed by atoms with Crippen molar-refractivity contribution in [2.45, 2.75) is 6.92 Å². The van der Waals surface area contributed by atoms with Crippen LogP contribution in [0.3, 0.4) is 0 Å². The minimum Gasteiger partial charge on any atom is -0.545 e. The Balaban J connectivity index is 2.28. The van der Waals surface area contributed by atoms with E-state index in [-0.39, 0.29) is 5.56 Å². The van der Waals surface area contributed by atoms with Gasteiger partial charge in [0.1, 0.15) is 11.6 Å². The van der Waals surface area contributed by atoms with E-state index >= 15 is 0 Å². The molecule has 0 unspecified atom stereocenters. The number of methoxy groups -OCH3 is 1. The second-order valence-electron chi connectivity index (χ2n) is 4.66. The summed E-state index contributed by atoms with van der Waals surface area (Å²) in [5.41, 5.74) is 2.41. The zero-order valence-corrected chi connectivity index (χ0v) is 11.7. The van der Waals surface area contributed by atoms with E-state index in [0.717, 1.165) is 22.8 Å². The Kier molecular flexibility index (Phi) is 3.10. The highest BCUT2D eigenvalue weighted by Gasteiger charge is 2.13. The first-order valence-corrected chi connectivity index (χ1v) is 6.45. The van der Waals surface area contributed by atoms with Crippen LogP contribution < -0.4 is 9.84 Å². The molecule has 0 aliphatic carbocycles. The highest BCUT2D eigenvalue weighted by atomic mass is 16.5. The smallest absolute Gasteiger partial charge is 0.142 e. The Morgan fingerprint density at radius 1 is 1.24 bits per heavy atom. The van der Waals surface area contributed by atoms with Gasteiger partial charge in [-0.2, -0.15) is 0 Å². The molecule has 0 radical (unpaired) electrons. The van der Waals surface area contributed by atoms with Crippen LogP contribution in [0.25, 0.3) is 16.7 Å². The number of fused-ring (bicyclic) bond motifs is 1. The molecule has 2 aromatic carbocycles. The molecule has 5 heteroatoms. The highest BCUT2D eigenvalue weighted by molar-refractivity contribution is 5.91. The van der Waals surface area contributed by atoms with Gasteiger partial charge in [-0.25, -0.2) is 4.98 Å². The summed E-state index contributed by atoms with van der Waals surface area (Å²) in [6.07, 6.45) is 0. The molecule has 0 saturated carbocycles. The summed E-state index contributed by atoms with van der Waals surface area (Å²) in [7, 11) is 1.61. The van der Waals surface area contributed by atoms with Gasteiger partial charge in [-0.3, -0.25) is 4.57 Å². The van der Waals surface area contributed by atoms with Crippen LogP contribution in [-0.2, 0) is 0 Å². The molecule has 5 nitrogen and oxygen atoms in total. The van der Waals surface area contributed by atoms with E-state index in [1.165, 1.54) is 12.1 Å². The Morgan fingerprint density at radius 2 is 2.00 bits per heavy atom. The lowest BCUT2D eigenvalue weighted by Crippen LogP contribution is -2.21. The van der Waals surface area contributed by atoms with Crippen LogP contribution in [0.2, 0.25) is 0 Å². The Morgan fingerprint density at radius 3 is 2.71 bits per heavy atom. The second-order valence-corrected chi connectivity index (χ2v) is 4.66. The number of carboxylic acids is 1. The zero-order chi connectivity index (χ0) is 15.0. The van der Waals surface area contributed by atoms with Gasteiger partial charge < -0.3 is 14.6 Å². The summed E-state index contributed by atoms with van der Waals surface area (Å²) in [6, 6.07) is 12.4. The molecule has 3 rings (SSSR count). The van der Waals surface area contributed by atoms with Crippen LogP contribution in [0.15, 0.2) is 42.5 Å². The summed E-state index contributed by atoms with van der Waals surface area (Å²) in [5, 5.41) is 10.9. The number of imidazole rings is 1. The molecule has 0 bridgehead atoms. The lowest BCUT2D eigenvalue weighted by Gasteiger charge is -2.11. The summed E-state index contributed by atoms with van der Waals surface area (Å²) >= 11 is 0. The highest BCUT2D eigenvalue weighted by Crippen LogP contribution is 2.28. The number of nitrogens with zero attached hydrogens (tertiary/aromatic N) is 2. The van der Waals surface area contributed by atoms with Crippen molar-refractivity contribution in [2.75, 3.05) is 7.11 Å². The van der Waals surface area contributed by atoms with Crippen LogP contribution in [-0.4, -0.2) is 22.6 Å². The number of aromatic carboxylic acids is 1. The molecular formula is C16H13N2O3-. The largest absolute Gasteiger partial charge is 0.545 e. The lowest BCUT2D eigenvalue weighted by atomic mass is 10.2. The van der Waals surface area contributed by atoms with E-state index < -0.39 is 5.97 Å². The van der Waals surface area contributed by atoms with Gasteiger partial charge in [0.15, 0.2) is 0 Å². The molecule has 0 fully saturated rings. The number of hydrogen-bond donors (Lipinski definition) is 0. The number of aryl methyl sites for hydroxylation is 1. The molecule has 106 valence electrons. The molecule has 0 atom stereocenters. The number of benzene rings is 2. The van der Waals surface area contributed by atoms with E-state index in [4.69, 9.17) is 4.74 Å². The standard InChI is InChI=1S/C16H14N2O3/c1-10-17-12-9-11(16(19)20)7-8-13(12)18(10)14-5-3-4-6-15(14)21-2/h3-9H,1-2H3,(H,19,20)/p-1. The molecule has 0 saturated heterocycles. The van der Waals surface area contributed by atoms with E-state index in [1.54, 1.807) is 13.2 Å². The van der Waals surface area contributed by atoms with Gasteiger partial charge in [-0.05, 0) is 36.8 Å². The van der Waals surface area contributed by atoms with Crippen molar-refractivity contribution >= 4 is 17.0 Å². The molecule has 0 aliphatic heterocycles. The van der Waals surface area contributed by atoms with Crippen molar-refractivity contribution in [3.8, 4) is 11.4 Å². The minimum absolute atomic E-state index is 0.118. The molecule has 0 aliphatic rings. The first-order valence-electron chi connectivity index (χ1n) is 6.45. The fourth-order valence-corrected chi connectivity index (χ4v) is 2.45. The molecule has 3 aromatic rings. The number of carbonyl (C=O) groups excluding carboxylic acids is 1. The zero-order valence-electron chi connectivity index (χ0n) is 11.7. The summed E-state index contributed by atoms with van der Waals surface area (Å²) < 4.78 is 7.32. The first-order chi connectivity index (χ1) is 10.1. The van der Waals surface area contributed by atoms with E-state index in [2.05, 4.69) is 4.98 Å². The number of hydrogen-bond acceptors (Lipinski definition) is 4. The van der Waals surface area contributed by atoms with Gasteiger partial charge in [0.25, 0.3) is 0 Å². The monoisotopic (exact) mass is 281 g/mol. The maximum absolute atomic E-state index is 10.9. The number of ether oxygens (including phenoxy) is 1. The predicted molar refractivity (Wildman–Crippen MR) is 76.7 cm³/mol. The van der Waals surface area contributed by atoms with Crippen LogP contribution in [0.1, 0.15) is 16.2 Å². The van der Waals surface area contributed by atoms with Gasteiger partial charge in [0.2, 0.25) is 0 Å². The van der Waals surface area contributed by atoms with Gasteiger partial charge in [0, 0.05) is 0 Å². The number of carbonyl (C=O) groups is 1. The van der Waals surface area contributed by atoms with E-state index in [0.29, 0.717) is 5.52 Å². The third-order valence-electron chi connectivity index (χ3n) is 3.38. The van der Waals surface area contributed by atoms with Crippen LogP contribution >= 0.6 is 0 Å². The Bertz CT molecular complexity index is 837. The fraction of sp³-hybridized carbons (Fsp3) is 0.125. The number of rotatable bonds is 3. The van der Waals surface area contributed by atoms with Crippen molar-refractivity contribution < 1.29 is 14.6 Å². The minimum atomic E-state index is -1.21. The number of para-hydroxylation sites is 2. The van der Waals surface area contributed by atoms with E-state index in [9.17, 15) is 9.90 Å². The van der Waals surface area contributed by atoms with Crippen LogP contribution in [0, 0.1) is 6.92 Å². The van der Waals surface area contributed by atoms with Gasteiger partial charge in [-0.15, -0.1) is 0 Å². The maximum Gasteiger partial charge on any atom is 0.142 e. The molecule has 0 spiro atoms. The Hall–Kier alpha value is -2.82. The SMILES string of the molecule is COc1ccccc1-n1c(C)nc2cc(C(=O)[O-])ccc21. The van der Waals surface area contributed by atoms with Gasteiger partial charge >= 0.3 is 0 Å². The van der Waals surface area contributed by atoms with Crippen molar-refractivity contribution in [3.05, 3.63) is 53.9 Å². The van der Waals surface area contributed by atoms with E-state index in [1.807, 2.05) is 35.8 Å². The lowest BCUT2D eigenvalue weighted by molar-refractivity contribution is -0.255. The number of aromatic nitrogens is 2. The Labute approximate surface area is 121 Å². The van der Waals surface area contributed by atoms with Crippen molar-refractivity contribution in [3.63, 3.8) is 0 Å². The summed E-state index contributed by atoms with van der Waals surface area (Å²) in [6.45, 7) is 1.87. The van der Waals surface area contributed by atoms with Crippen molar-refractivity contribution in [1.29, 1.82) is 0 Å². The predicted octanol–water partition coefficient (Wildman–Crippen LogP) is 1.71. The summed E-state index contributed by atoms with van der Waals surface area (Å²) in [4.78, 5) is 15.4. The number of carboxylic acid groups (broad SMARTS) is 1. The van der Waals surface area contributed by atoms with Crippen molar-refractivity contribution in [2.24, 2.45) is 0 Å². The summed E-state index contributed by atoms with van der Waals surface area (Å²) in [5.74, 6) is 0.273. The molecular weight excluding hydrogens is 268 g/mol. The average molecular weight is 281 g/mol. The fourth-order valence-electron chi connectivity index (χ4n) is 2.45. The maximum atomic E-state index is 10.9. The molecule has 0 amide bonds.